The van der Waals surface area contributed by atoms with Crippen LogP contribution in [0, 0.1) is 6.92 Å². The molecule has 0 saturated carbocycles. The first kappa shape index (κ1) is 25.1. The first-order chi connectivity index (χ1) is 17.5. The van der Waals surface area contributed by atoms with Crippen molar-refractivity contribution in [2.24, 2.45) is 0 Å². The molecule has 0 bridgehead atoms. The van der Waals surface area contributed by atoms with E-state index in [2.05, 4.69) is 42.6 Å². The predicted molar refractivity (Wildman–Crippen MR) is 138 cm³/mol. The number of carbonyl (C=O) groups excluding carboxylic acids is 3. The van der Waals surface area contributed by atoms with Gasteiger partial charge in [0.1, 0.15) is 0 Å². The largest absolute Gasteiger partial charge is 0.466 e. The van der Waals surface area contributed by atoms with Gasteiger partial charge in [0, 0.05) is 18.4 Å². The highest BCUT2D eigenvalue weighted by atomic mass is 16.5. The Hall–Kier alpha value is -4.00. The fourth-order valence-corrected chi connectivity index (χ4v) is 4.32. The molecule has 0 spiro atoms. The second-order valence-electron chi connectivity index (χ2n) is 8.75. The van der Waals surface area contributed by atoms with Gasteiger partial charge in [-0.3, -0.25) is 9.59 Å². The number of carbonyl (C=O) groups is 3. The Morgan fingerprint density at radius 1 is 1.03 bits per heavy atom. The lowest BCUT2D eigenvalue weighted by Crippen LogP contribution is -2.30. The maximum absolute atomic E-state index is 13.2. The number of benzene rings is 2. The van der Waals surface area contributed by atoms with Gasteiger partial charge in [0.05, 0.1) is 23.4 Å². The van der Waals surface area contributed by atoms with Crippen molar-refractivity contribution in [1.29, 1.82) is 0 Å². The molecule has 0 aliphatic heterocycles. The average Bonchev–Trinajstić information content (AvgIpc) is 3.27. The lowest BCUT2D eigenvalue weighted by molar-refractivity contribution is -0.143. The molecule has 4 rings (SSSR count). The van der Waals surface area contributed by atoms with Crippen molar-refractivity contribution >= 4 is 40.4 Å². The van der Waals surface area contributed by atoms with Crippen LogP contribution in [0.1, 0.15) is 58.9 Å². The van der Waals surface area contributed by atoms with Gasteiger partial charge < -0.3 is 14.8 Å². The number of rotatable bonds is 9. The number of esters is 2. The number of amides is 1. The summed E-state index contributed by atoms with van der Waals surface area (Å²) in [6, 6.07) is 15.8. The van der Waals surface area contributed by atoms with Crippen LogP contribution in [0.3, 0.4) is 0 Å². The molecule has 0 unspecified atom stereocenters. The zero-order valence-electron chi connectivity index (χ0n) is 20.6. The molecule has 0 saturated heterocycles. The van der Waals surface area contributed by atoms with Crippen LogP contribution in [-0.4, -0.2) is 42.6 Å². The number of hydrogen-bond donors (Lipinski definition) is 1. The van der Waals surface area contributed by atoms with E-state index in [1.165, 1.54) is 5.56 Å². The molecule has 1 amide bonds. The van der Waals surface area contributed by atoms with Crippen molar-refractivity contribution < 1.29 is 23.9 Å². The van der Waals surface area contributed by atoms with Gasteiger partial charge in [-0.2, -0.15) is 0 Å². The van der Waals surface area contributed by atoms with Gasteiger partial charge in [-0.1, -0.05) is 48.0 Å². The summed E-state index contributed by atoms with van der Waals surface area (Å²) in [5.74, 6) is -1.25. The van der Waals surface area contributed by atoms with E-state index >= 15 is 0 Å². The minimum Gasteiger partial charge on any atom is -0.466 e. The van der Waals surface area contributed by atoms with Gasteiger partial charge in [-0.25, -0.2) is 9.78 Å². The molecule has 3 aromatic rings. The molecule has 7 heteroatoms. The molecule has 1 heterocycles. The molecular formula is C29H30N2O5. The van der Waals surface area contributed by atoms with Crippen LogP contribution < -0.4 is 5.32 Å². The quantitative estimate of drug-likeness (QED) is 0.350. The third-order valence-corrected chi connectivity index (χ3v) is 6.08. The smallest absolute Gasteiger partial charge is 0.339 e. The molecule has 1 aliphatic rings. The van der Waals surface area contributed by atoms with Gasteiger partial charge in [-0.05, 0) is 62.0 Å². The van der Waals surface area contributed by atoms with Gasteiger partial charge in [0.25, 0.3) is 5.91 Å². The van der Waals surface area contributed by atoms with Crippen molar-refractivity contribution in [3.05, 3.63) is 76.5 Å². The van der Waals surface area contributed by atoms with E-state index in [9.17, 15) is 14.4 Å². The van der Waals surface area contributed by atoms with Gasteiger partial charge >= 0.3 is 11.9 Å². The second kappa shape index (κ2) is 11.6. The van der Waals surface area contributed by atoms with Crippen molar-refractivity contribution in [3.63, 3.8) is 0 Å². The molecule has 0 atom stereocenters. The third kappa shape index (κ3) is 5.97. The number of ether oxygens (including phenoxy) is 2. The molecule has 1 N–H and O–H groups in total. The molecule has 1 aromatic heterocycles. The summed E-state index contributed by atoms with van der Waals surface area (Å²) in [5, 5.41) is 3.38. The van der Waals surface area contributed by atoms with Crippen LogP contribution in [0.4, 0.5) is 0 Å². The molecule has 0 radical (unpaired) electrons. The highest BCUT2D eigenvalue weighted by Gasteiger charge is 2.28. The standard InChI is InChI=1S/C29H30N2O5/c1-3-35-26(33)9-6-16-30-25(32)18-36-29(34)27-22-7-4-5-8-24(22)31-28-21(14-15-23(27)28)17-20-12-10-19(2)11-13-20/h4-5,7-8,10-13,17H,3,6,9,14-16,18H2,1-2H3,(H,30,32). The summed E-state index contributed by atoms with van der Waals surface area (Å²) in [6.45, 7) is 4.04. The van der Waals surface area contributed by atoms with Crippen molar-refractivity contribution in [3.8, 4) is 0 Å². The first-order valence-corrected chi connectivity index (χ1v) is 12.2. The summed E-state index contributed by atoms with van der Waals surface area (Å²) in [5.41, 5.74) is 6.20. The van der Waals surface area contributed by atoms with E-state index in [-0.39, 0.29) is 12.4 Å². The van der Waals surface area contributed by atoms with E-state index in [1.807, 2.05) is 24.3 Å². The molecule has 1 aliphatic carbocycles. The summed E-state index contributed by atoms with van der Waals surface area (Å²) in [7, 11) is 0. The van der Waals surface area contributed by atoms with Crippen LogP contribution in [0.2, 0.25) is 0 Å². The Kier molecular flexibility index (Phi) is 8.10. The van der Waals surface area contributed by atoms with Crippen molar-refractivity contribution in [2.45, 2.75) is 39.5 Å². The summed E-state index contributed by atoms with van der Waals surface area (Å²) in [6.07, 6.45) is 4.24. The third-order valence-electron chi connectivity index (χ3n) is 6.08. The first-order valence-electron chi connectivity index (χ1n) is 12.2. The number of nitrogens with one attached hydrogen (secondary N) is 1. The number of nitrogens with zero attached hydrogens (tertiary/aromatic N) is 1. The highest BCUT2D eigenvalue weighted by Crippen LogP contribution is 2.37. The van der Waals surface area contributed by atoms with E-state index < -0.39 is 18.5 Å². The number of allylic oxidation sites excluding steroid dienone is 1. The molecule has 7 nitrogen and oxygen atoms in total. The second-order valence-corrected chi connectivity index (χ2v) is 8.75. The SMILES string of the molecule is CCOC(=O)CCCNC(=O)COC(=O)c1c2c(nc3ccccc13)C(=Cc1ccc(C)cc1)CC2. The monoisotopic (exact) mass is 486 g/mol. The van der Waals surface area contributed by atoms with Crippen LogP contribution in [0.15, 0.2) is 48.5 Å². The maximum atomic E-state index is 13.2. The van der Waals surface area contributed by atoms with Crippen LogP contribution >= 0.6 is 0 Å². The number of hydrogen-bond acceptors (Lipinski definition) is 6. The molecule has 0 fully saturated rings. The van der Waals surface area contributed by atoms with E-state index in [0.717, 1.165) is 28.8 Å². The Labute approximate surface area is 210 Å². The molecule has 36 heavy (non-hydrogen) atoms. The van der Waals surface area contributed by atoms with Crippen LogP contribution in [0.5, 0.6) is 0 Å². The predicted octanol–water partition coefficient (Wildman–Crippen LogP) is 4.65. The Balaban J connectivity index is 1.49. The van der Waals surface area contributed by atoms with E-state index in [4.69, 9.17) is 14.5 Å². The topological polar surface area (TPSA) is 94.6 Å². The van der Waals surface area contributed by atoms with Crippen LogP contribution in [-0.2, 0) is 25.5 Å². The normalized spacial score (nSPS) is 13.4. The number of aryl methyl sites for hydroxylation is 1. The Bertz CT molecular complexity index is 1310. The lowest BCUT2D eigenvalue weighted by Gasteiger charge is -2.12. The molecule has 186 valence electrons. The summed E-state index contributed by atoms with van der Waals surface area (Å²) >= 11 is 0. The fraction of sp³-hybridized carbons (Fsp3) is 0.310. The zero-order valence-corrected chi connectivity index (χ0v) is 20.6. The number of aromatic nitrogens is 1. The Morgan fingerprint density at radius 2 is 1.81 bits per heavy atom. The lowest BCUT2D eigenvalue weighted by atomic mass is 10.0. The number of pyridine rings is 1. The number of fused-ring (bicyclic) bond motifs is 2. The minimum absolute atomic E-state index is 0.224. The van der Waals surface area contributed by atoms with Gasteiger partial charge in [0.2, 0.25) is 0 Å². The summed E-state index contributed by atoms with van der Waals surface area (Å²) < 4.78 is 10.3. The average molecular weight is 487 g/mol. The molecular weight excluding hydrogens is 456 g/mol. The van der Waals surface area contributed by atoms with Gasteiger partial charge in [0.15, 0.2) is 6.61 Å². The fourth-order valence-electron chi connectivity index (χ4n) is 4.32. The highest BCUT2D eigenvalue weighted by molar-refractivity contribution is 6.07. The van der Waals surface area contributed by atoms with Crippen molar-refractivity contribution in [1.82, 2.24) is 10.3 Å². The van der Waals surface area contributed by atoms with Gasteiger partial charge in [-0.15, -0.1) is 0 Å². The summed E-state index contributed by atoms with van der Waals surface area (Å²) in [4.78, 5) is 41.7. The number of para-hydroxylation sites is 1. The van der Waals surface area contributed by atoms with Crippen molar-refractivity contribution in [2.75, 3.05) is 19.8 Å². The molecule has 2 aromatic carbocycles. The zero-order chi connectivity index (χ0) is 25.5. The Morgan fingerprint density at radius 3 is 2.58 bits per heavy atom. The van der Waals surface area contributed by atoms with E-state index in [1.54, 1.807) is 6.92 Å². The van der Waals surface area contributed by atoms with E-state index in [0.29, 0.717) is 42.5 Å². The maximum Gasteiger partial charge on any atom is 0.339 e. The minimum atomic E-state index is -0.539. The van der Waals surface area contributed by atoms with Crippen LogP contribution in [0.25, 0.3) is 22.6 Å².